The van der Waals surface area contributed by atoms with E-state index in [0.717, 1.165) is 5.56 Å². The molecule has 1 atom stereocenters. The van der Waals surface area contributed by atoms with Gasteiger partial charge in [-0.15, -0.1) is 0 Å². The molecule has 14 heavy (non-hydrogen) atoms. The molecule has 0 radical (unpaired) electrons. The number of carbonyl (C=O) groups is 1. The molecule has 1 amide bonds. The van der Waals surface area contributed by atoms with E-state index in [1.54, 1.807) is 7.05 Å². The van der Waals surface area contributed by atoms with Crippen molar-refractivity contribution in [3.05, 3.63) is 35.9 Å². The summed E-state index contributed by atoms with van der Waals surface area (Å²) in [5, 5.41) is 5.74. The average molecular weight is 192 g/mol. The second-order valence-corrected chi connectivity index (χ2v) is 3.21. The highest BCUT2D eigenvalue weighted by molar-refractivity contribution is 5.81. The largest absolute Gasteiger partial charge is 0.351 e. The summed E-state index contributed by atoms with van der Waals surface area (Å²) in [6.07, 6.45) is 0. The van der Waals surface area contributed by atoms with Crippen molar-refractivity contribution in [2.24, 2.45) is 0 Å². The first kappa shape index (κ1) is 10.7. The molecule has 0 aliphatic carbocycles. The van der Waals surface area contributed by atoms with Gasteiger partial charge < -0.3 is 10.6 Å². The zero-order valence-electron chi connectivity index (χ0n) is 8.58. The summed E-state index contributed by atoms with van der Waals surface area (Å²) in [5.41, 5.74) is 1.11. The number of amides is 1. The van der Waals surface area contributed by atoms with E-state index in [4.69, 9.17) is 0 Å². The molecule has 1 aromatic carbocycles. The Morgan fingerprint density at radius 1 is 1.36 bits per heavy atom. The Morgan fingerprint density at radius 3 is 2.57 bits per heavy atom. The van der Waals surface area contributed by atoms with Crippen LogP contribution in [0.1, 0.15) is 12.5 Å². The Kier molecular flexibility index (Phi) is 4.13. The van der Waals surface area contributed by atoms with Crippen LogP contribution in [-0.2, 0) is 11.3 Å². The first-order chi connectivity index (χ1) is 6.74. The van der Waals surface area contributed by atoms with E-state index in [1.807, 2.05) is 37.3 Å². The molecule has 2 N–H and O–H groups in total. The molecule has 0 spiro atoms. The summed E-state index contributed by atoms with van der Waals surface area (Å²) in [4.78, 5) is 11.4. The Labute approximate surface area is 84.5 Å². The topological polar surface area (TPSA) is 41.1 Å². The molecule has 0 fully saturated rings. The Hall–Kier alpha value is -1.35. The van der Waals surface area contributed by atoms with Crippen molar-refractivity contribution < 1.29 is 4.79 Å². The second kappa shape index (κ2) is 5.40. The van der Waals surface area contributed by atoms with Gasteiger partial charge in [-0.25, -0.2) is 0 Å². The lowest BCUT2D eigenvalue weighted by Gasteiger charge is -2.10. The zero-order valence-corrected chi connectivity index (χ0v) is 8.58. The van der Waals surface area contributed by atoms with Gasteiger partial charge in [-0.2, -0.15) is 0 Å². The van der Waals surface area contributed by atoms with Gasteiger partial charge in [0.15, 0.2) is 0 Å². The van der Waals surface area contributed by atoms with Crippen molar-refractivity contribution in [1.29, 1.82) is 0 Å². The van der Waals surface area contributed by atoms with Crippen LogP contribution in [0.15, 0.2) is 30.3 Å². The van der Waals surface area contributed by atoms with Crippen LogP contribution in [0.2, 0.25) is 0 Å². The molecule has 0 unspecified atom stereocenters. The SMILES string of the molecule is CN[C@H](C)C(=O)NCc1ccccc1. The van der Waals surface area contributed by atoms with E-state index >= 15 is 0 Å². The van der Waals surface area contributed by atoms with Crippen molar-refractivity contribution >= 4 is 5.91 Å². The number of nitrogens with one attached hydrogen (secondary N) is 2. The van der Waals surface area contributed by atoms with E-state index < -0.39 is 0 Å². The summed E-state index contributed by atoms with van der Waals surface area (Å²) in [5.74, 6) is 0.0244. The van der Waals surface area contributed by atoms with E-state index in [0.29, 0.717) is 6.54 Å². The number of hydrogen-bond acceptors (Lipinski definition) is 2. The number of rotatable bonds is 4. The monoisotopic (exact) mass is 192 g/mol. The third-order valence-electron chi connectivity index (χ3n) is 2.14. The highest BCUT2D eigenvalue weighted by Crippen LogP contribution is 1.97. The Morgan fingerprint density at radius 2 is 2.00 bits per heavy atom. The highest BCUT2D eigenvalue weighted by Gasteiger charge is 2.08. The van der Waals surface area contributed by atoms with Crippen molar-refractivity contribution in [1.82, 2.24) is 10.6 Å². The maximum Gasteiger partial charge on any atom is 0.237 e. The Bertz CT molecular complexity index is 285. The maximum atomic E-state index is 11.4. The smallest absolute Gasteiger partial charge is 0.237 e. The van der Waals surface area contributed by atoms with Crippen LogP contribution < -0.4 is 10.6 Å². The predicted octanol–water partition coefficient (Wildman–Crippen LogP) is 0.911. The first-order valence-corrected chi connectivity index (χ1v) is 4.73. The van der Waals surface area contributed by atoms with Gasteiger partial charge in [-0.3, -0.25) is 4.79 Å². The van der Waals surface area contributed by atoms with Gasteiger partial charge in [0.2, 0.25) is 5.91 Å². The van der Waals surface area contributed by atoms with Gasteiger partial charge in [0.05, 0.1) is 6.04 Å². The van der Waals surface area contributed by atoms with Crippen molar-refractivity contribution in [2.45, 2.75) is 19.5 Å². The molecule has 3 heteroatoms. The minimum absolute atomic E-state index is 0.0244. The van der Waals surface area contributed by atoms with Crippen molar-refractivity contribution in [3.8, 4) is 0 Å². The van der Waals surface area contributed by atoms with Crippen molar-refractivity contribution in [3.63, 3.8) is 0 Å². The lowest BCUT2D eigenvalue weighted by molar-refractivity contribution is -0.122. The summed E-state index contributed by atoms with van der Waals surface area (Å²) < 4.78 is 0. The quantitative estimate of drug-likeness (QED) is 0.744. The predicted molar refractivity (Wildman–Crippen MR) is 56.8 cm³/mol. The highest BCUT2D eigenvalue weighted by atomic mass is 16.2. The standard InChI is InChI=1S/C11H16N2O/c1-9(12-2)11(14)13-8-10-6-4-3-5-7-10/h3-7,9,12H,8H2,1-2H3,(H,13,14)/t9-/m1/s1. The molecular weight excluding hydrogens is 176 g/mol. The molecule has 0 heterocycles. The Balaban J connectivity index is 2.38. The minimum atomic E-state index is -0.140. The average Bonchev–Trinajstić information content (AvgIpc) is 2.26. The van der Waals surface area contributed by atoms with E-state index in [9.17, 15) is 4.79 Å². The molecule has 76 valence electrons. The summed E-state index contributed by atoms with van der Waals surface area (Å²) in [6, 6.07) is 9.72. The third-order valence-corrected chi connectivity index (χ3v) is 2.14. The fraction of sp³-hybridized carbons (Fsp3) is 0.364. The van der Waals surface area contributed by atoms with Crippen LogP contribution in [0, 0.1) is 0 Å². The van der Waals surface area contributed by atoms with Crippen LogP contribution in [0.5, 0.6) is 0 Å². The number of benzene rings is 1. The van der Waals surface area contributed by atoms with Crippen LogP contribution in [-0.4, -0.2) is 19.0 Å². The minimum Gasteiger partial charge on any atom is -0.351 e. The van der Waals surface area contributed by atoms with Gasteiger partial charge >= 0.3 is 0 Å². The van der Waals surface area contributed by atoms with Gasteiger partial charge in [-0.05, 0) is 19.5 Å². The molecule has 0 saturated carbocycles. The molecule has 0 saturated heterocycles. The van der Waals surface area contributed by atoms with Gasteiger partial charge in [-0.1, -0.05) is 30.3 Å². The molecule has 0 aromatic heterocycles. The molecule has 1 rings (SSSR count). The van der Waals surface area contributed by atoms with E-state index in [1.165, 1.54) is 0 Å². The fourth-order valence-corrected chi connectivity index (χ4v) is 1.07. The van der Waals surface area contributed by atoms with E-state index in [-0.39, 0.29) is 11.9 Å². The number of hydrogen-bond donors (Lipinski definition) is 2. The van der Waals surface area contributed by atoms with Crippen molar-refractivity contribution in [2.75, 3.05) is 7.05 Å². The van der Waals surface area contributed by atoms with E-state index in [2.05, 4.69) is 10.6 Å². The summed E-state index contributed by atoms with van der Waals surface area (Å²) >= 11 is 0. The molecule has 0 aliphatic rings. The first-order valence-electron chi connectivity index (χ1n) is 4.73. The van der Waals surface area contributed by atoms with Gasteiger partial charge in [0.1, 0.15) is 0 Å². The van der Waals surface area contributed by atoms with Crippen LogP contribution in [0.4, 0.5) is 0 Å². The lowest BCUT2D eigenvalue weighted by Crippen LogP contribution is -2.39. The summed E-state index contributed by atoms with van der Waals surface area (Å²) in [7, 11) is 1.77. The van der Waals surface area contributed by atoms with Crippen LogP contribution in [0.25, 0.3) is 0 Å². The normalized spacial score (nSPS) is 12.1. The number of carbonyl (C=O) groups excluding carboxylic acids is 1. The fourth-order valence-electron chi connectivity index (χ4n) is 1.07. The molecular formula is C11H16N2O. The number of likely N-dealkylation sites (N-methyl/N-ethyl adjacent to an activating group) is 1. The van der Waals surface area contributed by atoms with Gasteiger partial charge in [0, 0.05) is 6.54 Å². The molecule has 1 aromatic rings. The summed E-state index contributed by atoms with van der Waals surface area (Å²) in [6.45, 7) is 2.42. The lowest BCUT2D eigenvalue weighted by atomic mass is 10.2. The molecule has 3 nitrogen and oxygen atoms in total. The molecule has 0 aliphatic heterocycles. The third kappa shape index (κ3) is 3.18. The second-order valence-electron chi connectivity index (χ2n) is 3.21. The zero-order chi connectivity index (χ0) is 10.4. The van der Waals surface area contributed by atoms with Gasteiger partial charge in [0.25, 0.3) is 0 Å². The molecule has 0 bridgehead atoms. The van der Waals surface area contributed by atoms with Crippen LogP contribution >= 0.6 is 0 Å². The van der Waals surface area contributed by atoms with Crippen LogP contribution in [0.3, 0.4) is 0 Å². The maximum absolute atomic E-state index is 11.4.